The highest BCUT2D eigenvalue weighted by Crippen LogP contribution is 2.34. The van der Waals surface area contributed by atoms with E-state index < -0.39 is 12.1 Å². The van der Waals surface area contributed by atoms with Gasteiger partial charge in [-0.3, -0.25) is 4.79 Å². The molecule has 0 spiro atoms. The van der Waals surface area contributed by atoms with E-state index in [9.17, 15) is 9.18 Å². The number of hydrogen-bond acceptors (Lipinski definition) is 3. The second kappa shape index (κ2) is 5.85. The summed E-state index contributed by atoms with van der Waals surface area (Å²) in [5.74, 6) is -0.370. The standard InChI is InChI=1S/C17H18FN3O/c1-10-6-11(2-3-13(10)9-19)12-4-5-20-16(7-12)21-17(22)14-8-15(14)18/h2-7,14-15H,8-9,19H2,1H3,(H,20,21,22). The minimum Gasteiger partial charge on any atom is -0.326 e. The van der Waals surface area contributed by atoms with Gasteiger partial charge in [-0.1, -0.05) is 18.2 Å². The van der Waals surface area contributed by atoms with Crippen LogP contribution in [-0.4, -0.2) is 17.1 Å². The summed E-state index contributed by atoms with van der Waals surface area (Å²) in [5.41, 5.74) is 9.89. The van der Waals surface area contributed by atoms with Crippen LogP contribution >= 0.6 is 0 Å². The molecular weight excluding hydrogens is 281 g/mol. The highest BCUT2D eigenvalue weighted by Gasteiger charge is 2.43. The lowest BCUT2D eigenvalue weighted by atomic mass is 10.0. The number of pyridine rings is 1. The predicted molar refractivity (Wildman–Crippen MR) is 83.9 cm³/mol. The largest absolute Gasteiger partial charge is 0.326 e. The van der Waals surface area contributed by atoms with E-state index in [2.05, 4.69) is 16.4 Å². The molecule has 0 aliphatic heterocycles. The first-order valence-corrected chi connectivity index (χ1v) is 7.29. The highest BCUT2D eigenvalue weighted by molar-refractivity contribution is 5.94. The van der Waals surface area contributed by atoms with E-state index in [0.29, 0.717) is 18.8 Å². The van der Waals surface area contributed by atoms with Crippen molar-refractivity contribution in [2.24, 2.45) is 11.7 Å². The number of hydrogen-bond donors (Lipinski definition) is 2. The minimum atomic E-state index is -1.00. The smallest absolute Gasteiger partial charge is 0.231 e. The van der Waals surface area contributed by atoms with E-state index in [1.54, 1.807) is 12.3 Å². The molecule has 1 saturated carbocycles. The molecule has 2 atom stereocenters. The lowest BCUT2D eigenvalue weighted by molar-refractivity contribution is -0.117. The van der Waals surface area contributed by atoms with Gasteiger partial charge in [0, 0.05) is 12.7 Å². The van der Waals surface area contributed by atoms with Gasteiger partial charge in [-0.25, -0.2) is 9.37 Å². The monoisotopic (exact) mass is 299 g/mol. The Morgan fingerprint density at radius 3 is 2.73 bits per heavy atom. The number of nitrogens with zero attached hydrogens (tertiary/aromatic N) is 1. The van der Waals surface area contributed by atoms with Crippen molar-refractivity contribution in [1.29, 1.82) is 0 Å². The SMILES string of the molecule is Cc1cc(-c2ccnc(NC(=O)C3CC3F)c2)ccc1CN. The summed E-state index contributed by atoms with van der Waals surface area (Å²) in [6.07, 6.45) is 0.942. The van der Waals surface area contributed by atoms with E-state index in [1.165, 1.54) is 0 Å². The Kier molecular flexibility index (Phi) is 3.90. The van der Waals surface area contributed by atoms with Crippen molar-refractivity contribution in [3.63, 3.8) is 0 Å². The van der Waals surface area contributed by atoms with Gasteiger partial charge in [-0.05, 0) is 47.7 Å². The van der Waals surface area contributed by atoms with Crippen molar-refractivity contribution in [3.05, 3.63) is 47.7 Å². The molecule has 1 heterocycles. The fraction of sp³-hybridized carbons (Fsp3) is 0.294. The van der Waals surface area contributed by atoms with Crippen molar-refractivity contribution in [3.8, 4) is 11.1 Å². The number of halogens is 1. The van der Waals surface area contributed by atoms with Crippen LogP contribution in [-0.2, 0) is 11.3 Å². The molecule has 1 aliphatic carbocycles. The zero-order valence-corrected chi connectivity index (χ0v) is 12.3. The number of nitrogens with two attached hydrogens (primary N) is 1. The molecule has 1 amide bonds. The van der Waals surface area contributed by atoms with Crippen LogP contribution in [0.15, 0.2) is 36.5 Å². The molecule has 2 unspecified atom stereocenters. The average molecular weight is 299 g/mol. The zero-order valence-electron chi connectivity index (χ0n) is 12.3. The molecule has 5 heteroatoms. The van der Waals surface area contributed by atoms with Gasteiger partial charge in [-0.2, -0.15) is 0 Å². The molecule has 114 valence electrons. The highest BCUT2D eigenvalue weighted by atomic mass is 19.1. The summed E-state index contributed by atoms with van der Waals surface area (Å²) in [6, 6.07) is 9.73. The van der Waals surface area contributed by atoms with Crippen LogP contribution in [0, 0.1) is 12.8 Å². The number of anilines is 1. The molecule has 3 N–H and O–H groups in total. The normalized spacial score (nSPS) is 19.8. The van der Waals surface area contributed by atoms with Crippen LogP contribution in [0.5, 0.6) is 0 Å². The third-order valence-electron chi connectivity index (χ3n) is 3.96. The molecule has 0 bridgehead atoms. The summed E-state index contributed by atoms with van der Waals surface area (Å²) in [7, 11) is 0. The first kappa shape index (κ1) is 14.7. The Morgan fingerprint density at radius 2 is 2.09 bits per heavy atom. The van der Waals surface area contributed by atoms with Crippen molar-refractivity contribution in [2.75, 3.05) is 5.32 Å². The van der Waals surface area contributed by atoms with Crippen molar-refractivity contribution < 1.29 is 9.18 Å². The van der Waals surface area contributed by atoms with E-state index in [4.69, 9.17) is 5.73 Å². The van der Waals surface area contributed by atoms with Gasteiger partial charge in [0.15, 0.2) is 0 Å². The van der Waals surface area contributed by atoms with Crippen molar-refractivity contribution in [2.45, 2.75) is 26.1 Å². The number of aromatic nitrogens is 1. The number of rotatable bonds is 4. The molecule has 1 aromatic carbocycles. The molecule has 1 aromatic heterocycles. The van der Waals surface area contributed by atoms with E-state index >= 15 is 0 Å². The Morgan fingerprint density at radius 1 is 1.36 bits per heavy atom. The van der Waals surface area contributed by atoms with Gasteiger partial charge in [0.2, 0.25) is 5.91 Å². The maximum Gasteiger partial charge on any atom is 0.231 e. The molecule has 4 nitrogen and oxygen atoms in total. The predicted octanol–water partition coefficient (Wildman–Crippen LogP) is 2.81. The van der Waals surface area contributed by atoms with Gasteiger partial charge in [0.05, 0.1) is 5.92 Å². The topological polar surface area (TPSA) is 68.0 Å². The maximum absolute atomic E-state index is 12.9. The molecule has 22 heavy (non-hydrogen) atoms. The third kappa shape index (κ3) is 2.99. The summed E-state index contributed by atoms with van der Waals surface area (Å²) < 4.78 is 12.9. The molecular formula is C17H18FN3O. The van der Waals surface area contributed by atoms with Crippen LogP contribution in [0.1, 0.15) is 17.5 Å². The Hall–Kier alpha value is -2.27. The number of nitrogens with one attached hydrogen (secondary N) is 1. The zero-order chi connectivity index (χ0) is 15.7. The van der Waals surface area contributed by atoms with Crippen molar-refractivity contribution >= 4 is 11.7 Å². The fourth-order valence-corrected chi connectivity index (χ4v) is 2.44. The molecule has 3 rings (SSSR count). The number of benzene rings is 1. The van der Waals surface area contributed by atoms with Crippen LogP contribution < -0.4 is 11.1 Å². The van der Waals surface area contributed by atoms with Gasteiger partial charge in [-0.15, -0.1) is 0 Å². The number of amides is 1. The van der Waals surface area contributed by atoms with Crippen LogP contribution in [0.2, 0.25) is 0 Å². The quantitative estimate of drug-likeness (QED) is 0.912. The van der Waals surface area contributed by atoms with Crippen LogP contribution in [0.3, 0.4) is 0 Å². The van der Waals surface area contributed by atoms with E-state index in [-0.39, 0.29) is 5.91 Å². The molecule has 2 aromatic rings. The van der Waals surface area contributed by atoms with Gasteiger partial charge in [0.1, 0.15) is 12.0 Å². The van der Waals surface area contributed by atoms with Gasteiger partial charge in [0.25, 0.3) is 0 Å². The average Bonchev–Trinajstić information content (AvgIpc) is 3.24. The first-order chi connectivity index (χ1) is 10.6. The molecule has 1 fully saturated rings. The number of carbonyl (C=O) groups excluding carboxylic acids is 1. The van der Waals surface area contributed by atoms with Crippen LogP contribution in [0.4, 0.5) is 10.2 Å². The van der Waals surface area contributed by atoms with Gasteiger partial charge >= 0.3 is 0 Å². The maximum atomic E-state index is 12.9. The lowest BCUT2D eigenvalue weighted by Crippen LogP contribution is -2.15. The molecule has 1 aliphatic rings. The minimum absolute atomic E-state index is 0.299. The summed E-state index contributed by atoms with van der Waals surface area (Å²) in [4.78, 5) is 15.9. The lowest BCUT2D eigenvalue weighted by Gasteiger charge is -2.09. The van der Waals surface area contributed by atoms with E-state index in [0.717, 1.165) is 22.3 Å². The van der Waals surface area contributed by atoms with Gasteiger partial charge < -0.3 is 11.1 Å². The summed E-state index contributed by atoms with van der Waals surface area (Å²) in [6.45, 7) is 2.53. The third-order valence-corrected chi connectivity index (χ3v) is 3.96. The van der Waals surface area contributed by atoms with Crippen molar-refractivity contribution in [1.82, 2.24) is 4.98 Å². The molecule has 0 radical (unpaired) electrons. The second-order valence-corrected chi connectivity index (χ2v) is 5.62. The Bertz CT molecular complexity index is 717. The number of aryl methyl sites for hydroxylation is 1. The second-order valence-electron chi connectivity index (χ2n) is 5.62. The Labute approximate surface area is 128 Å². The van der Waals surface area contributed by atoms with E-state index in [1.807, 2.05) is 25.1 Å². The summed E-state index contributed by atoms with van der Waals surface area (Å²) in [5, 5.41) is 2.67. The fourth-order valence-electron chi connectivity index (χ4n) is 2.44. The Balaban J connectivity index is 1.81. The number of alkyl halides is 1. The van der Waals surface area contributed by atoms with Crippen LogP contribution in [0.25, 0.3) is 11.1 Å². The summed E-state index contributed by atoms with van der Waals surface area (Å²) >= 11 is 0. The molecule has 0 saturated heterocycles. The number of carbonyl (C=O) groups is 1. The first-order valence-electron chi connectivity index (χ1n) is 7.29.